The Morgan fingerprint density at radius 3 is 2.47 bits per heavy atom. The molecule has 1 aromatic heterocycles. The van der Waals surface area contributed by atoms with E-state index in [2.05, 4.69) is 4.98 Å². The Morgan fingerprint density at radius 2 is 1.84 bits per heavy atom. The van der Waals surface area contributed by atoms with Crippen LogP contribution in [-0.4, -0.2) is 17.3 Å². The van der Waals surface area contributed by atoms with E-state index < -0.39 is 0 Å². The predicted molar refractivity (Wildman–Crippen MR) is 79.5 cm³/mol. The Labute approximate surface area is 118 Å². The molecule has 0 aliphatic heterocycles. The molecule has 0 aliphatic rings. The average Bonchev–Trinajstić information content (AvgIpc) is 2.47. The standard InChI is InChI=1S/C15H18N2OS/c1-2-18-13-5-3-12(4-6-13)15(16)11-19-14-7-9-17-10-8-14/h3-10,15H,2,11,16H2,1H3. The van der Waals surface area contributed by atoms with Gasteiger partial charge in [-0.1, -0.05) is 12.1 Å². The summed E-state index contributed by atoms with van der Waals surface area (Å²) in [5.41, 5.74) is 7.32. The second-order valence-corrected chi connectivity index (χ2v) is 5.20. The molecule has 2 rings (SSSR count). The molecule has 100 valence electrons. The Balaban J connectivity index is 1.90. The maximum absolute atomic E-state index is 6.19. The summed E-state index contributed by atoms with van der Waals surface area (Å²) in [6.45, 7) is 2.66. The SMILES string of the molecule is CCOc1ccc(C(N)CSc2ccncc2)cc1. The van der Waals surface area contributed by atoms with Gasteiger partial charge in [-0.25, -0.2) is 0 Å². The highest BCUT2D eigenvalue weighted by atomic mass is 32.2. The molecule has 0 bridgehead atoms. The zero-order valence-corrected chi connectivity index (χ0v) is 11.8. The van der Waals surface area contributed by atoms with Gasteiger partial charge in [-0.3, -0.25) is 4.98 Å². The van der Waals surface area contributed by atoms with Crippen molar-refractivity contribution >= 4 is 11.8 Å². The van der Waals surface area contributed by atoms with Gasteiger partial charge in [0.25, 0.3) is 0 Å². The maximum atomic E-state index is 6.19. The third-order valence-electron chi connectivity index (χ3n) is 2.70. The summed E-state index contributed by atoms with van der Waals surface area (Å²) in [5, 5.41) is 0. The lowest BCUT2D eigenvalue weighted by molar-refractivity contribution is 0.340. The minimum atomic E-state index is 0.0221. The zero-order valence-electron chi connectivity index (χ0n) is 11.0. The summed E-state index contributed by atoms with van der Waals surface area (Å²) in [6.07, 6.45) is 3.59. The van der Waals surface area contributed by atoms with Crippen LogP contribution >= 0.6 is 11.8 Å². The second-order valence-electron chi connectivity index (χ2n) is 4.10. The van der Waals surface area contributed by atoms with Gasteiger partial charge in [0.1, 0.15) is 5.75 Å². The summed E-state index contributed by atoms with van der Waals surface area (Å²) >= 11 is 1.74. The van der Waals surface area contributed by atoms with Crippen molar-refractivity contribution in [1.29, 1.82) is 0 Å². The number of pyridine rings is 1. The maximum Gasteiger partial charge on any atom is 0.119 e. The van der Waals surface area contributed by atoms with Crippen molar-refractivity contribution in [3.05, 3.63) is 54.4 Å². The fourth-order valence-corrected chi connectivity index (χ4v) is 2.57. The molecule has 0 radical (unpaired) electrons. The van der Waals surface area contributed by atoms with Crippen LogP contribution in [0.15, 0.2) is 53.7 Å². The van der Waals surface area contributed by atoms with Crippen LogP contribution in [0.2, 0.25) is 0 Å². The smallest absolute Gasteiger partial charge is 0.119 e. The van der Waals surface area contributed by atoms with E-state index in [4.69, 9.17) is 10.5 Å². The van der Waals surface area contributed by atoms with E-state index in [0.29, 0.717) is 6.61 Å². The molecular formula is C15H18N2OS. The van der Waals surface area contributed by atoms with Crippen molar-refractivity contribution in [3.8, 4) is 5.75 Å². The third-order valence-corrected chi connectivity index (χ3v) is 3.83. The molecular weight excluding hydrogens is 256 g/mol. The Hall–Kier alpha value is -1.52. The van der Waals surface area contributed by atoms with Gasteiger partial charge in [-0.05, 0) is 36.8 Å². The van der Waals surface area contributed by atoms with Crippen LogP contribution in [0, 0.1) is 0 Å². The quantitative estimate of drug-likeness (QED) is 0.821. The van der Waals surface area contributed by atoms with Crippen molar-refractivity contribution in [1.82, 2.24) is 4.98 Å². The number of ether oxygens (including phenoxy) is 1. The first-order chi connectivity index (χ1) is 9.29. The lowest BCUT2D eigenvalue weighted by Gasteiger charge is -2.12. The van der Waals surface area contributed by atoms with Crippen LogP contribution in [0.25, 0.3) is 0 Å². The monoisotopic (exact) mass is 274 g/mol. The Kier molecular flexibility index (Phi) is 5.24. The van der Waals surface area contributed by atoms with E-state index >= 15 is 0 Å². The summed E-state index contributed by atoms with van der Waals surface area (Å²) in [7, 11) is 0. The molecule has 4 heteroatoms. The van der Waals surface area contributed by atoms with Crippen LogP contribution in [0.1, 0.15) is 18.5 Å². The van der Waals surface area contributed by atoms with Gasteiger partial charge in [-0.2, -0.15) is 0 Å². The molecule has 2 N–H and O–H groups in total. The lowest BCUT2D eigenvalue weighted by Crippen LogP contribution is -2.12. The minimum absolute atomic E-state index is 0.0221. The fourth-order valence-electron chi connectivity index (χ4n) is 1.69. The van der Waals surface area contributed by atoms with E-state index in [0.717, 1.165) is 17.1 Å². The normalized spacial score (nSPS) is 12.1. The number of rotatable bonds is 6. The summed E-state index contributed by atoms with van der Waals surface area (Å²) < 4.78 is 5.42. The first kappa shape index (κ1) is 13.9. The summed E-state index contributed by atoms with van der Waals surface area (Å²) in [6, 6.07) is 12.0. The Morgan fingerprint density at radius 1 is 1.16 bits per heavy atom. The van der Waals surface area contributed by atoms with Gasteiger partial charge in [0.15, 0.2) is 0 Å². The Bertz CT molecular complexity index is 487. The summed E-state index contributed by atoms with van der Waals surface area (Å²) in [5.74, 6) is 1.73. The zero-order chi connectivity index (χ0) is 13.5. The number of hydrogen-bond donors (Lipinski definition) is 1. The molecule has 3 nitrogen and oxygen atoms in total. The van der Waals surface area contributed by atoms with Gasteiger partial charge in [0.05, 0.1) is 6.61 Å². The predicted octanol–water partition coefficient (Wildman–Crippen LogP) is 3.27. The van der Waals surface area contributed by atoms with Gasteiger partial charge >= 0.3 is 0 Å². The van der Waals surface area contributed by atoms with Gasteiger partial charge in [-0.15, -0.1) is 11.8 Å². The van der Waals surface area contributed by atoms with E-state index in [1.54, 1.807) is 24.2 Å². The lowest BCUT2D eigenvalue weighted by atomic mass is 10.1. The molecule has 1 aromatic carbocycles. The molecule has 1 heterocycles. The van der Waals surface area contributed by atoms with Crippen LogP contribution in [-0.2, 0) is 0 Å². The number of thioether (sulfide) groups is 1. The van der Waals surface area contributed by atoms with Gasteiger partial charge < -0.3 is 10.5 Å². The molecule has 0 saturated carbocycles. The van der Waals surface area contributed by atoms with Gasteiger partial charge in [0, 0.05) is 29.1 Å². The number of nitrogens with zero attached hydrogens (tertiary/aromatic N) is 1. The molecule has 1 atom stereocenters. The van der Waals surface area contributed by atoms with Crippen molar-refractivity contribution in [2.24, 2.45) is 5.73 Å². The molecule has 19 heavy (non-hydrogen) atoms. The highest BCUT2D eigenvalue weighted by Crippen LogP contribution is 2.24. The molecule has 0 aliphatic carbocycles. The fraction of sp³-hybridized carbons (Fsp3) is 0.267. The van der Waals surface area contributed by atoms with Crippen molar-refractivity contribution in [3.63, 3.8) is 0 Å². The topological polar surface area (TPSA) is 48.1 Å². The average molecular weight is 274 g/mol. The molecule has 1 unspecified atom stereocenters. The van der Waals surface area contributed by atoms with Crippen molar-refractivity contribution < 1.29 is 4.74 Å². The molecule has 0 saturated heterocycles. The van der Waals surface area contributed by atoms with Crippen molar-refractivity contribution in [2.75, 3.05) is 12.4 Å². The first-order valence-electron chi connectivity index (χ1n) is 6.30. The van der Waals surface area contributed by atoms with E-state index in [1.807, 2.05) is 43.3 Å². The highest BCUT2D eigenvalue weighted by molar-refractivity contribution is 7.99. The van der Waals surface area contributed by atoms with Crippen molar-refractivity contribution in [2.45, 2.75) is 17.9 Å². The van der Waals surface area contributed by atoms with Crippen LogP contribution in [0.4, 0.5) is 0 Å². The van der Waals surface area contributed by atoms with E-state index in [9.17, 15) is 0 Å². The number of hydrogen-bond acceptors (Lipinski definition) is 4. The second kappa shape index (κ2) is 7.16. The molecule has 0 fully saturated rings. The van der Waals surface area contributed by atoms with E-state index in [-0.39, 0.29) is 6.04 Å². The highest BCUT2D eigenvalue weighted by Gasteiger charge is 2.07. The number of aromatic nitrogens is 1. The molecule has 0 spiro atoms. The first-order valence-corrected chi connectivity index (χ1v) is 7.29. The van der Waals surface area contributed by atoms with Gasteiger partial charge in [0.2, 0.25) is 0 Å². The number of nitrogens with two attached hydrogens (primary N) is 1. The number of benzene rings is 1. The largest absolute Gasteiger partial charge is 0.494 e. The third kappa shape index (κ3) is 4.26. The summed E-state index contributed by atoms with van der Waals surface area (Å²) in [4.78, 5) is 5.19. The van der Waals surface area contributed by atoms with Crippen LogP contribution in [0.3, 0.4) is 0 Å². The molecule has 0 amide bonds. The van der Waals surface area contributed by atoms with E-state index in [1.165, 1.54) is 4.90 Å². The van der Waals surface area contributed by atoms with Crippen LogP contribution in [0.5, 0.6) is 5.75 Å². The molecule has 2 aromatic rings. The minimum Gasteiger partial charge on any atom is -0.494 e. The van der Waals surface area contributed by atoms with Crippen LogP contribution < -0.4 is 10.5 Å².